The summed E-state index contributed by atoms with van der Waals surface area (Å²) in [6.07, 6.45) is 5.48. The van der Waals surface area contributed by atoms with Crippen molar-refractivity contribution in [2.75, 3.05) is 7.11 Å². The number of ether oxygens (including phenoxy) is 1. The Balaban J connectivity index is 1.62. The van der Waals surface area contributed by atoms with E-state index in [0.717, 1.165) is 19.4 Å². The predicted octanol–water partition coefficient (Wildman–Crippen LogP) is 2.99. The SMILES string of the molecule is COC(=O)CC1CC2CCC(C1)N2Cc1ccccc1. The molecule has 1 aromatic carbocycles. The molecule has 0 radical (unpaired) electrons. The Morgan fingerprint density at radius 1 is 1.20 bits per heavy atom. The van der Waals surface area contributed by atoms with Crippen LogP contribution in [-0.4, -0.2) is 30.1 Å². The van der Waals surface area contributed by atoms with Crippen molar-refractivity contribution in [2.24, 2.45) is 5.92 Å². The lowest BCUT2D eigenvalue weighted by atomic mass is 9.88. The number of esters is 1. The third-order valence-corrected chi connectivity index (χ3v) is 4.87. The monoisotopic (exact) mass is 273 g/mol. The van der Waals surface area contributed by atoms with Gasteiger partial charge in [0.25, 0.3) is 0 Å². The van der Waals surface area contributed by atoms with Gasteiger partial charge in [0.2, 0.25) is 0 Å². The van der Waals surface area contributed by atoms with Crippen LogP contribution in [0.15, 0.2) is 30.3 Å². The maximum atomic E-state index is 11.5. The molecule has 3 heteroatoms. The summed E-state index contributed by atoms with van der Waals surface area (Å²) in [7, 11) is 1.49. The Morgan fingerprint density at radius 2 is 1.85 bits per heavy atom. The van der Waals surface area contributed by atoms with E-state index in [1.807, 2.05) is 0 Å². The zero-order valence-corrected chi connectivity index (χ0v) is 12.1. The minimum Gasteiger partial charge on any atom is -0.469 e. The minimum absolute atomic E-state index is 0.0501. The van der Waals surface area contributed by atoms with Crippen molar-refractivity contribution in [3.8, 4) is 0 Å². The molecular weight excluding hydrogens is 250 g/mol. The van der Waals surface area contributed by atoms with Crippen LogP contribution in [0, 0.1) is 5.92 Å². The first-order valence-electron chi connectivity index (χ1n) is 7.62. The second-order valence-corrected chi connectivity index (χ2v) is 6.16. The van der Waals surface area contributed by atoms with Gasteiger partial charge in [-0.05, 0) is 37.2 Å². The van der Waals surface area contributed by atoms with E-state index < -0.39 is 0 Å². The first-order valence-corrected chi connectivity index (χ1v) is 7.62. The number of hydrogen-bond donors (Lipinski definition) is 0. The molecule has 3 nitrogen and oxygen atoms in total. The number of hydrogen-bond acceptors (Lipinski definition) is 3. The number of methoxy groups -OCH3 is 1. The number of rotatable bonds is 4. The van der Waals surface area contributed by atoms with E-state index in [-0.39, 0.29) is 5.97 Å². The van der Waals surface area contributed by atoms with E-state index in [4.69, 9.17) is 4.74 Å². The third kappa shape index (κ3) is 2.88. The lowest BCUT2D eigenvalue weighted by Crippen LogP contribution is -2.42. The van der Waals surface area contributed by atoms with Gasteiger partial charge in [-0.1, -0.05) is 30.3 Å². The van der Waals surface area contributed by atoms with Gasteiger partial charge in [-0.15, -0.1) is 0 Å². The van der Waals surface area contributed by atoms with Crippen molar-refractivity contribution in [1.29, 1.82) is 0 Å². The molecule has 2 aliphatic rings. The van der Waals surface area contributed by atoms with Crippen molar-refractivity contribution in [1.82, 2.24) is 4.90 Å². The summed E-state index contributed by atoms with van der Waals surface area (Å²) < 4.78 is 4.81. The van der Waals surface area contributed by atoms with Gasteiger partial charge in [0.1, 0.15) is 0 Å². The first kappa shape index (κ1) is 13.6. The van der Waals surface area contributed by atoms with Gasteiger partial charge in [-0.3, -0.25) is 9.69 Å². The van der Waals surface area contributed by atoms with E-state index in [1.165, 1.54) is 25.5 Å². The molecule has 1 aromatic rings. The fraction of sp³-hybridized carbons (Fsp3) is 0.588. The fourth-order valence-corrected chi connectivity index (χ4v) is 3.92. The number of piperidine rings is 1. The second-order valence-electron chi connectivity index (χ2n) is 6.16. The van der Waals surface area contributed by atoms with Crippen molar-refractivity contribution < 1.29 is 9.53 Å². The fourth-order valence-electron chi connectivity index (χ4n) is 3.92. The average molecular weight is 273 g/mol. The van der Waals surface area contributed by atoms with Gasteiger partial charge in [-0.2, -0.15) is 0 Å². The second kappa shape index (κ2) is 5.96. The summed E-state index contributed by atoms with van der Waals surface area (Å²) in [5, 5.41) is 0. The summed E-state index contributed by atoms with van der Waals surface area (Å²) in [4.78, 5) is 14.1. The molecular formula is C17H23NO2. The van der Waals surface area contributed by atoms with E-state index in [2.05, 4.69) is 35.2 Å². The summed E-state index contributed by atoms with van der Waals surface area (Å²) in [5.74, 6) is 0.470. The molecule has 2 unspecified atom stereocenters. The lowest BCUT2D eigenvalue weighted by molar-refractivity contribution is -0.142. The smallest absolute Gasteiger partial charge is 0.305 e. The number of carbonyl (C=O) groups excluding carboxylic acids is 1. The van der Waals surface area contributed by atoms with Crippen LogP contribution in [0.2, 0.25) is 0 Å². The van der Waals surface area contributed by atoms with Crippen molar-refractivity contribution >= 4 is 5.97 Å². The highest BCUT2D eigenvalue weighted by atomic mass is 16.5. The van der Waals surface area contributed by atoms with Gasteiger partial charge in [0.15, 0.2) is 0 Å². The Bertz CT molecular complexity index is 445. The van der Waals surface area contributed by atoms with Gasteiger partial charge in [-0.25, -0.2) is 0 Å². The largest absolute Gasteiger partial charge is 0.469 e. The van der Waals surface area contributed by atoms with Gasteiger partial charge in [0.05, 0.1) is 7.11 Å². The van der Waals surface area contributed by atoms with Crippen LogP contribution in [0.5, 0.6) is 0 Å². The van der Waals surface area contributed by atoms with Crippen LogP contribution in [0.25, 0.3) is 0 Å². The third-order valence-electron chi connectivity index (χ3n) is 4.87. The number of fused-ring (bicyclic) bond motifs is 2. The minimum atomic E-state index is -0.0501. The van der Waals surface area contributed by atoms with E-state index in [9.17, 15) is 4.79 Å². The molecule has 0 aliphatic carbocycles. The molecule has 0 spiro atoms. The van der Waals surface area contributed by atoms with E-state index in [0.29, 0.717) is 24.4 Å². The van der Waals surface area contributed by atoms with Crippen LogP contribution in [0.1, 0.15) is 37.7 Å². The molecule has 2 saturated heterocycles. The Labute approximate surface area is 120 Å². The van der Waals surface area contributed by atoms with Crippen LogP contribution in [-0.2, 0) is 16.1 Å². The van der Waals surface area contributed by atoms with Crippen molar-refractivity contribution in [2.45, 2.75) is 50.7 Å². The topological polar surface area (TPSA) is 29.5 Å². The van der Waals surface area contributed by atoms with Crippen LogP contribution in [0.3, 0.4) is 0 Å². The highest BCUT2D eigenvalue weighted by Gasteiger charge is 2.40. The maximum absolute atomic E-state index is 11.5. The van der Waals surface area contributed by atoms with Gasteiger partial charge in [0, 0.05) is 25.0 Å². The number of benzene rings is 1. The molecule has 108 valence electrons. The van der Waals surface area contributed by atoms with Gasteiger partial charge < -0.3 is 4.74 Å². The molecule has 2 fully saturated rings. The van der Waals surface area contributed by atoms with Gasteiger partial charge >= 0.3 is 5.97 Å². The number of nitrogens with zero attached hydrogens (tertiary/aromatic N) is 1. The summed E-state index contributed by atoms with van der Waals surface area (Å²) in [5.41, 5.74) is 1.40. The molecule has 0 aromatic heterocycles. The Kier molecular flexibility index (Phi) is 4.06. The molecule has 20 heavy (non-hydrogen) atoms. The molecule has 0 amide bonds. The predicted molar refractivity (Wildman–Crippen MR) is 78.2 cm³/mol. The van der Waals surface area contributed by atoms with Crippen molar-refractivity contribution in [3.63, 3.8) is 0 Å². The molecule has 2 heterocycles. The quantitative estimate of drug-likeness (QED) is 0.790. The first-order chi connectivity index (χ1) is 9.76. The van der Waals surface area contributed by atoms with E-state index >= 15 is 0 Å². The van der Waals surface area contributed by atoms with Crippen molar-refractivity contribution in [3.05, 3.63) is 35.9 Å². The zero-order valence-electron chi connectivity index (χ0n) is 12.1. The number of carbonyl (C=O) groups is 1. The summed E-state index contributed by atoms with van der Waals surface area (Å²) in [6.45, 7) is 1.06. The molecule has 2 bridgehead atoms. The molecule has 0 N–H and O–H groups in total. The lowest BCUT2D eigenvalue weighted by Gasteiger charge is -2.38. The highest BCUT2D eigenvalue weighted by molar-refractivity contribution is 5.69. The highest BCUT2D eigenvalue weighted by Crippen LogP contribution is 2.40. The zero-order chi connectivity index (χ0) is 13.9. The molecule has 3 rings (SSSR count). The molecule has 2 aliphatic heterocycles. The normalized spacial score (nSPS) is 29.4. The Morgan fingerprint density at radius 3 is 2.45 bits per heavy atom. The van der Waals surface area contributed by atoms with Crippen LogP contribution < -0.4 is 0 Å². The standard InChI is InChI=1S/C17H23NO2/c1-20-17(19)11-14-9-15-7-8-16(10-14)18(15)12-13-5-3-2-4-6-13/h2-6,14-16H,7-12H2,1H3. The average Bonchev–Trinajstić information content (AvgIpc) is 2.71. The summed E-state index contributed by atoms with van der Waals surface area (Å²) in [6, 6.07) is 12.0. The molecule has 2 atom stereocenters. The maximum Gasteiger partial charge on any atom is 0.305 e. The van der Waals surface area contributed by atoms with Crippen LogP contribution in [0.4, 0.5) is 0 Å². The summed E-state index contributed by atoms with van der Waals surface area (Å²) >= 11 is 0. The van der Waals surface area contributed by atoms with E-state index in [1.54, 1.807) is 0 Å². The molecule has 0 saturated carbocycles. The van der Waals surface area contributed by atoms with Crippen LogP contribution >= 0.6 is 0 Å². The Hall–Kier alpha value is -1.35.